The molecule has 1 heterocycles. The highest BCUT2D eigenvalue weighted by atomic mass is 16.5. The van der Waals surface area contributed by atoms with Crippen LogP contribution in [0.5, 0.6) is 0 Å². The van der Waals surface area contributed by atoms with Crippen LogP contribution in [0.1, 0.15) is 29.3 Å². The van der Waals surface area contributed by atoms with Gasteiger partial charge in [-0.1, -0.05) is 30.3 Å². The minimum absolute atomic E-state index is 0.0945. The second-order valence-corrected chi connectivity index (χ2v) is 5.55. The van der Waals surface area contributed by atoms with Crippen LogP contribution in [0.25, 0.3) is 0 Å². The van der Waals surface area contributed by atoms with Gasteiger partial charge in [0.1, 0.15) is 5.56 Å². The van der Waals surface area contributed by atoms with Crippen molar-refractivity contribution in [3.8, 4) is 0 Å². The van der Waals surface area contributed by atoms with E-state index in [1.807, 2.05) is 42.2 Å². The maximum absolute atomic E-state index is 11.8. The molecule has 2 rings (SSSR count). The summed E-state index contributed by atoms with van der Waals surface area (Å²) >= 11 is 0. The number of nitrogens with one attached hydrogen (secondary N) is 3. The molecule has 0 saturated carbocycles. The monoisotopic (exact) mass is 345 g/mol. The summed E-state index contributed by atoms with van der Waals surface area (Å²) in [5, 5.41) is 2.72. The molecule has 0 unspecified atom stereocenters. The van der Waals surface area contributed by atoms with Gasteiger partial charge in [0.25, 0.3) is 11.5 Å². The summed E-state index contributed by atoms with van der Waals surface area (Å²) in [7, 11) is 0. The summed E-state index contributed by atoms with van der Waals surface area (Å²) < 4.78 is 4.78. The van der Waals surface area contributed by atoms with Crippen molar-refractivity contribution in [3.05, 3.63) is 68.5 Å². The van der Waals surface area contributed by atoms with Crippen molar-refractivity contribution in [2.75, 3.05) is 6.61 Å². The minimum atomic E-state index is -0.982. The third-order valence-electron chi connectivity index (χ3n) is 3.49. The molecule has 1 amide bonds. The Morgan fingerprint density at radius 2 is 1.92 bits per heavy atom. The van der Waals surface area contributed by atoms with Crippen molar-refractivity contribution >= 4 is 11.9 Å². The zero-order chi connectivity index (χ0) is 18.2. The molecular formula is C17H19N3O5. The lowest BCUT2D eigenvalue weighted by Gasteiger charge is -2.14. The molecule has 132 valence electrons. The van der Waals surface area contributed by atoms with Gasteiger partial charge in [0, 0.05) is 12.2 Å². The molecule has 1 atom stereocenters. The SMILES string of the molecule is C[C@@H](CCc1ccccc1)NC(=O)COC(=O)c1c[nH]c(=O)[nH]c1=O. The van der Waals surface area contributed by atoms with Gasteiger partial charge in [0.05, 0.1) is 0 Å². The number of hydrogen-bond donors (Lipinski definition) is 3. The van der Waals surface area contributed by atoms with E-state index in [0.29, 0.717) is 0 Å². The van der Waals surface area contributed by atoms with Crippen molar-refractivity contribution < 1.29 is 14.3 Å². The van der Waals surface area contributed by atoms with Gasteiger partial charge in [-0.05, 0) is 25.3 Å². The summed E-state index contributed by atoms with van der Waals surface area (Å²) in [4.78, 5) is 49.9. The number of aromatic nitrogens is 2. The van der Waals surface area contributed by atoms with E-state index in [4.69, 9.17) is 4.74 Å². The molecule has 0 saturated heterocycles. The highest BCUT2D eigenvalue weighted by Gasteiger charge is 2.15. The maximum atomic E-state index is 11.8. The van der Waals surface area contributed by atoms with Gasteiger partial charge in [0.15, 0.2) is 6.61 Å². The van der Waals surface area contributed by atoms with Crippen LogP contribution in [0.15, 0.2) is 46.1 Å². The maximum Gasteiger partial charge on any atom is 0.345 e. The number of hydrogen-bond acceptors (Lipinski definition) is 5. The zero-order valence-electron chi connectivity index (χ0n) is 13.7. The molecule has 0 bridgehead atoms. The highest BCUT2D eigenvalue weighted by Crippen LogP contribution is 2.04. The summed E-state index contributed by atoms with van der Waals surface area (Å²) in [6.45, 7) is 1.35. The van der Waals surface area contributed by atoms with Crippen molar-refractivity contribution in [3.63, 3.8) is 0 Å². The fourth-order valence-electron chi connectivity index (χ4n) is 2.19. The second-order valence-electron chi connectivity index (χ2n) is 5.55. The number of carbonyl (C=O) groups excluding carboxylic acids is 2. The van der Waals surface area contributed by atoms with Gasteiger partial charge in [-0.15, -0.1) is 0 Å². The van der Waals surface area contributed by atoms with E-state index in [2.05, 4.69) is 10.3 Å². The Morgan fingerprint density at radius 3 is 2.60 bits per heavy atom. The first kappa shape index (κ1) is 18.2. The van der Waals surface area contributed by atoms with E-state index in [9.17, 15) is 19.2 Å². The van der Waals surface area contributed by atoms with Crippen LogP contribution < -0.4 is 16.6 Å². The molecule has 3 N–H and O–H groups in total. The van der Waals surface area contributed by atoms with Gasteiger partial charge in [0.2, 0.25) is 0 Å². The van der Waals surface area contributed by atoms with Crippen LogP contribution in [0, 0.1) is 0 Å². The predicted octanol–water partition coefficient (Wildman–Crippen LogP) is 0.358. The molecule has 0 aliphatic carbocycles. The van der Waals surface area contributed by atoms with E-state index < -0.39 is 29.7 Å². The Hall–Kier alpha value is -3.16. The molecule has 0 aliphatic heterocycles. The average Bonchev–Trinajstić information content (AvgIpc) is 2.59. The molecule has 0 radical (unpaired) electrons. The van der Waals surface area contributed by atoms with Crippen molar-refractivity contribution in [1.29, 1.82) is 0 Å². The lowest BCUT2D eigenvalue weighted by molar-refractivity contribution is -0.124. The van der Waals surface area contributed by atoms with Gasteiger partial charge in [-0.3, -0.25) is 14.6 Å². The third-order valence-corrected chi connectivity index (χ3v) is 3.49. The van der Waals surface area contributed by atoms with Gasteiger partial charge in [-0.2, -0.15) is 0 Å². The van der Waals surface area contributed by atoms with Crippen LogP contribution in [0.4, 0.5) is 0 Å². The van der Waals surface area contributed by atoms with Crippen LogP contribution in [-0.2, 0) is 16.0 Å². The summed E-state index contributed by atoms with van der Waals surface area (Å²) in [5.74, 6) is -1.45. The Bertz CT molecular complexity index is 841. The fourth-order valence-corrected chi connectivity index (χ4v) is 2.19. The number of aromatic amines is 2. The average molecular weight is 345 g/mol. The number of esters is 1. The van der Waals surface area contributed by atoms with Crippen LogP contribution >= 0.6 is 0 Å². The number of H-pyrrole nitrogens is 2. The van der Waals surface area contributed by atoms with Gasteiger partial charge in [-0.25, -0.2) is 9.59 Å². The van der Waals surface area contributed by atoms with Crippen molar-refractivity contribution in [2.45, 2.75) is 25.8 Å². The predicted molar refractivity (Wildman–Crippen MR) is 90.3 cm³/mol. The first-order chi connectivity index (χ1) is 12.0. The molecule has 2 aromatic rings. The van der Waals surface area contributed by atoms with Crippen LogP contribution in [0.3, 0.4) is 0 Å². The van der Waals surface area contributed by atoms with Gasteiger partial charge < -0.3 is 15.0 Å². The van der Waals surface area contributed by atoms with Gasteiger partial charge >= 0.3 is 11.7 Å². The molecule has 1 aromatic heterocycles. The van der Waals surface area contributed by atoms with E-state index in [0.717, 1.165) is 19.0 Å². The molecule has 1 aromatic carbocycles. The lowest BCUT2D eigenvalue weighted by Crippen LogP contribution is -2.36. The van der Waals surface area contributed by atoms with Crippen LogP contribution in [0.2, 0.25) is 0 Å². The molecule has 8 nitrogen and oxygen atoms in total. The number of benzene rings is 1. The normalized spacial score (nSPS) is 11.6. The van der Waals surface area contributed by atoms with E-state index in [1.165, 1.54) is 5.56 Å². The minimum Gasteiger partial charge on any atom is -0.452 e. The standard InChI is InChI=1S/C17H19N3O5/c1-11(7-8-12-5-3-2-4-6-12)19-14(21)10-25-16(23)13-9-18-17(24)20-15(13)22/h2-6,9,11H,7-8,10H2,1H3,(H,19,21)(H2,18,20,22,24)/t11-/m0/s1. The first-order valence-corrected chi connectivity index (χ1v) is 7.78. The van der Waals surface area contributed by atoms with E-state index in [1.54, 1.807) is 0 Å². The lowest BCUT2D eigenvalue weighted by atomic mass is 10.1. The molecule has 8 heteroatoms. The fraction of sp³-hybridized carbons (Fsp3) is 0.294. The Balaban J connectivity index is 1.77. The summed E-state index contributed by atoms with van der Waals surface area (Å²) in [6.07, 6.45) is 2.50. The quantitative estimate of drug-likeness (QED) is 0.626. The Labute approximate surface area is 143 Å². The molecule has 25 heavy (non-hydrogen) atoms. The van der Waals surface area contributed by atoms with Crippen LogP contribution in [-0.4, -0.2) is 34.5 Å². The number of amides is 1. The number of rotatable bonds is 7. The highest BCUT2D eigenvalue weighted by molar-refractivity contribution is 5.90. The molecule has 0 spiro atoms. The third kappa shape index (κ3) is 5.76. The van der Waals surface area contributed by atoms with Crippen molar-refractivity contribution in [1.82, 2.24) is 15.3 Å². The molecule has 0 fully saturated rings. The smallest absolute Gasteiger partial charge is 0.345 e. The summed E-state index contributed by atoms with van der Waals surface area (Å²) in [6, 6.07) is 9.78. The second kappa shape index (κ2) is 8.62. The molecular weight excluding hydrogens is 326 g/mol. The van der Waals surface area contributed by atoms with E-state index >= 15 is 0 Å². The zero-order valence-corrected chi connectivity index (χ0v) is 13.7. The van der Waals surface area contributed by atoms with E-state index in [-0.39, 0.29) is 11.6 Å². The van der Waals surface area contributed by atoms with Crippen molar-refractivity contribution in [2.24, 2.45) is 0 Å². The molecule has 0 aliphatic rings. The first-order valence-electron chi connectivity index (χ1n) is 7.78. The number of carbonyl (C=O) groups is 2. The largest absolute Gasteiger partial charge is 0.452 e. The Kier molecular flexibility index (Phi) is 6.27. The topological polar surface area (TPSA) is 121 Å². The number of aryl methyl sites for hydroxylation is 1. The Morgan fingerprint density at radius 1 is 1.20 bits per heavy atom. The number of ether oxygens (including phenoxy) is 1. The summed E-state index contributed by atoms with van der Waals surface area (Å²) in [5.41, 5.74) is -0.797.